The number of para-hydroxylation sites is 1. The number of aryl methyl sites for hydroxylation is 1. The molecule has 30 heavy (non-hydrogen) atoms. The molecule has 156 valence electrons. The zero-order chi connectivity index (χ0) is 20.8. The fraction of sp³-hybridized carbons (Fsp3) is 0.333. The predicted molar refractivity (Wildman–Crippen MR) is 123 cm³/mol. The minimum absolute atomic E-state index is 0.196. The molecular weight excluding hydrogens is 370 g/mol. The number of likely N-dealkylation sites (tertiary alicyclic amines) is 1. The maximum atomic E-state index is 6.55. The highest BCUT2D eigenvalue weighted by atomic mass is 16.5. The molecule has 0 N–H and O–H groups in total. The first-order valence-corrected chi connectivity index (χ1v) is 10.9. The summed E-state index contributed by atoms with van der Waals surface area (Å²) in [4.78, 5) is 2.58. The van der Waals surface area contributed by atoms with Crippen LogP contribution in [0.5, 0.6) is 11.5 Å². The predicted octanol–water partition coefficient (Wildman–Crippen LogP) is 5.48. The zero-order valence-electron chi connectivity index (χ0n) is 18.0. The summed E-state index contributed by atoms with van der Waals surface area (Å²) >= 11 is 0. The van der Waals surface area contributed by atoms with Crippen LogP contribution >= 0.6 is 0 Å². The van der Waals surface area contributed by atoms with Crippen molar-refractivity contribution in [3.63, 3.8) is 0 Å². The number of ether oxygens (including phenoxy) is 2. The summed E-state index contributed by atoms with van der Waals surface area (Å²) in [6.45, 7) is 5.25. The van der Waals surface area contributed by atoms with Gasteiger partial charge in [-0.15, -0.1) is 0 Å². The summed E-state index contributed by atoms with van der Waals surface area (Å²) in [5.41, 5.74) is 3.89. The van der Waals surface area contributed by atoms with Crippen molar-refractivity contribution in [3.05, 3.63) is 95.6 Å². The third-order valence-electron chi connectivity index (χ3n) is 6.08. The van der Waals surface area contributed by atoms with E-state index >= 15 is 0 Å². The van der Waals surface area contributed by atoms with E-state index in [0.717, 1.165) is 44.0 Å². The number of nitrogens with zero attached hydrogens (tertiary/aromatic N) is 1. The number of methoxy groups -OCH3 is 1. The minimum Gasteiger partial charge on any atom is -0.497 e. The van der Waals surface area contributed by atoms with Gasteiger partial charge in [0.1, 0.15) is 17.6 Å². The zero-order valence-corrected chi connectivity index (χ0v) is 18.0. The fourth-order valence-electron chi connectivity index (χ4n) is 4.33. The van der Waals surface area contributed by atoms with E-state index < -0.39 is 0 Å². The summed E-state index contributed by atoms with van der Waals surface area (Å²) < 4.78 is 11.9. The van der Waals surface area contributed by atoms with Crippen LogP contribution in [-0.2, 0) is 6.42 Å². The number of hydrogen-bond donors (Lipinski definition) is 0. The highest BCUT2D eigenvalue weighted by molar-refractivity contribution is 5.33. The monoisotopic (exact) mass is 401 g/mol. The Bertz CT molecular complexity index is 940. The van der Waals surface area contributed by atoms with Gasteiger partial charge in [-0.3, -0.25) is 0 Å². The Labute approximate surface area is 180 Å². The molecule has 0 spiro atoms. The first-order chi connectivity index (χ1) is 14.7. The topological polar surface area (TPSA) is 21.7 Å². The lowest BCUT2D eigenvalue weighted by Gasteiger charge is -2.39. The Kier molecular flexibility index (Phi) is 6.70. The van der Waals surface area contributed by atoms with E-state index in [9.17, 15) is 0 Å². The molecule has 3 aromatic carbocycles. The molecular formula is C27H31NO2. The Morgan fingerprint density at radius 2 is 1.73 bits per heavy atom. The minimum atomic E-state index is 0.196. The van der Waals surface area contributed by atoms with Crippen molar-refractivity contribution in [3.8, 4) is 11.5 Å². The van der Waals surface area contributed by atoms with E-state index in [1.807, 2.05) is 6.07 Å². The lowest BCUT2D eigenvalue weighted by atomic mass is 9.87. The molecule has 3 aromatic rings. The van der Waals surface area contributed by atoms with Crippen LogP contribution in [0.15, 0.2) is 78.9 Å². The van der Waals surface area contributed by atoms with E-state index in [1.165, 1.54) is 16.7 Å². The van der Waals surface area contributed by atoms with Crippen molar-refractivity contribution in [2.75, 3.05) is 26.7 Å². The first kappa shape index (κ1) is 20.5. The number of rotatable bonds is 7. The molecule has 1 saturated heterocycles. The fourth-order valence-corrected chi connectivity index (χ4v) is 4.33. The Morgan fingerprint density at radius 3 is 2.53 bits per heavy atom. The number of hydrogen-bond acceptors (Lipinski definition) is 3. The van der Waals surface area contributed by atoms with Gasteiger partial charge in [-0.05, 0) is 54.7 Å². The van der Waals surface area contributed by atoms with Gasteiger partial charge in [0.15, 0.2) is 0 Å². The van der Waals surface area contributed by atoms with Crippen molar-refractivity contribution >= 4 is 0 Å². The van der Waals surface area contributed by atoms with Gasteiger partial charge in [-0.25, -0.2) is 0 Å². The highest BCUT2D eigenvalue weighted by Gasteiger charge is 2.32. The highest BCUT2D eigenvalue weighted by Crippen LogP contribution is 2.32. The average molecular weight is 402 g/mol. The standard InChI is InChI=1S/C27H31NO2/c1-21-9-6-7-14-26(21)30-27-16-18-28(20-25(27)23-11-4-3-5-12-23)17-15-22-10-8-13-24(19-22)29-2/h3-14,19,25,27H,15-18,20H2,1-2H3. The summed E-state index contributed by atoms with van der Waals surface area (Å²) in [7, 11) is 1.72. The van der Waals surface area contributed by atoms with E-state index in [-0.39, 0.29) is 6.10 Å². The van der Waals surface area contributed by atoms with Gasteiger partial charge in [-0.1, -0.05) is 60.7 Å². The Hall–Kier alpha value is -2.78. The first-order valence-electron chi connectivity index (χ1n) is 10.9. The molecule has 3 heteroatoms. The second kappa shape index (κ2) is 9.82. The van der Waals surface area contributed by atoms with E-state index in [1.54, 1.807) is 7.11 Å². The van der Waals surface area contributed by atoms with Gasteiger partial charge in [-0.2, -0.15) is 0 Å². The lowest BCUT2D eigenvalue weighted by Crippen LogP contribution is -2.45. The van der Waals surface area contributed by atoms with Gasteiger partial charge in [0, 0.05) is 25.6 Å². The smallest absolute Gasteiger partial charge is 0.122 e. The average Bonchev–Trinajstić information content (AvgIpc) is 2.80. The van der Waals surface area contributed by atoms with Crippen LogP contribution in [-0.4, -0.2) is 37.7 Å². The molecule has 1 fully saturated rings. The van der Waals surface area contributed by atoms with Crippen LogP contribution in [0.25, 0.3) is 0 Å². The van der Waals surface area contributed by atoms with Gasteiger partial charge in [0.05, 0.1) is 7.11 Å². The van der Waals surface area contributed by atoms with Gasteiger partial charge < -0.3 is 14.4 Å². The van der Waals surface area contributed by atoms with Crippen LogP contribution in [0.1, 0.15) is 29.0 Å². The third kappa shape index (κ3) is 5.03. The molecule has 4 rings (SSSR count). The largest absolute Gasteiger partial charge is 0.497 e. The molecule has 1 heterocycles. The SMILES string of the molecule is COc1cccc(CCN2CCC(Oc3ccccc3C)C(c3ccccc3)C2)c1. The molecule has 0 bridgehead atoms. The molecule has 0 amide bonds. The lowest BCUT2D eigenvalue weighted by molar-refractivity contribution is 0.0778. The second-order valence-corrected chi connectivity index (χ2v) is 8.13. The van der Waals surface area contributed by atoms with Crippen LogP contribution in [0.4, 0.5) is 0 Å². The summed E-state index contributed by atoms with van der Waals surface area (Å²) in [5, 5.41) is 0. The third-order valence-corrected chi connectivity index (χ3v) is 6.08. The van der Waals surface area contributed by atoms with Gasteiger partial charge >= 0.3 is 0 Å². The van der Waals surface area contributed by atoms with Crippen molar-refractivity contribution in [1.29, 1.82) is 0 Å². The normalized spacial score (nSPS) is 19.4. The maximum Gasteiger partial charge on any atom is 0.122 e. The van der Waals surface area contributed by atoms with Crippen molar-refractivity contribution in [1.82, 2.24) is 4.90 Å². The quantitative estimate of drug-likeness (QED) is 0.523. The molecule has 0 aliphatic carbocycles. The maximum absolute atomic E-state index is 6.55. The molecule has 1 aliphatic heterocycles. The van der Waals surface area contributed by atoms with Crippen LogP contribution in [0.2, 0.25) is 0 Å². The van der Waals surface area contributed by atoms with Crippen LogP contribution < -0.4 is 9.47 Å². The molecule has 2 unspecified atom stereocenters. The summed E-state index contributed by atoms with van der Waals surface area (Å²) in [6.07, 6.45) is 2.26. The molecule has 0 saturated carbocycles. The number of piperidine rings is 1. The van der Waals surface area contributed by atoms with Crippen LogP contribution in [0.3, 0.4) is 0 Å². The summed E-state index contributed by atoms with van der Waals surface area (Å²) in [6, 6.07) is 27.6. The Balaban J connectivity index is 1.46. The van der Waals surface area contributed by atoms with Gasteiger partial charge in [0.2, 0.25) is 0 Å². The van der Waals surface area contributed by atoms with Gasteiger partial charge in [0.25, 0.3) is 0 Å². The number of benzene rings is 3. The van der Waals surface area contributed by atoms with E-state index in [0.29, 0.717) is 5.92 Å². The Morgan fingerprint density at radius 1 is 0.933 bits per heavy atom. The molecule has 3 nitrogen and oxygen atoms in total. The van der Waals surface area contributed by atoms with Crippen LogP contribution in [0, 0.1) is 6.92 Å². The molecule has 0 aromatic heterocycles. The molecule has 2 atom stereocenters. The second-order valence-electron chi connectivity index (χ2n) is 8.13. The van der Waals surface area contributed by atoms with E-state index in [2.05, 4.69) is 84.6 Å². The molecule has 0 radical (unpaired) electrons. The molecule has 1 aliphatic rings. The van der Waals surface area contributed by atoms with Crippen molar-refractivity contribution in [2.45, 2.75) is 31.8 Å². The summed E-state index contributed by atoms with van der Waals surface area (Å²) in [5.74, 6) is 2.30. The van der Waals surface area contributed by atoms with Crippen molar-refractivity contribution < 1.29 is 9.47 Å². The van der Waals surface area contributed by atoms with E-state index in [4.69, 9.17) is 9.47 Å². The van der Waals surface area contributed by atoms with Crippen molar-refractivity contribution in [2.24, 2.45) is 0 Å².